The maximum absolute atomic E-state index is 11.9. The van der Waals surface area contributed by atoms with Crippen LogP contribution in [0.2, 0.25) is 0 Å². The lowest BCUT2D eigenvalue weighted by Crippen LogP contribution is -2.44. The first kappa shape index (κ1) is 17.0. The van der Waals surface area contributed by atoms with Crippen LogP contribution in [0.1, 0.15) is 30.7 Å². The standard InChI is InChI=1S/C19H25N5O2/c1-3-16(25)24-6-4-5-13(9-24)23-19-17-15(14-7-12(14)10-26-2)8-20-18(17)21-11-22-19/h3,8,11-14H,1,4-7,9-10H2,2H3,(H2,20,21,22,23). The number of anilines is 1. The topological polar surface area (TPSA) is 83.1 Å². The van der Waals surface area contributed by atoms with Gasteiger partial charge >= 0.3 is 0 Å². The number of aromatic amines is 1. The highest BCUT2D eigenvalue weighted by Gasteiger charge is 2.40. The molecule has 2 N–H and O–H groups in total. The second kappa shape index (κ2) is 7.07. The molecule has 0 radical (unpaired) electrons. The number of likely N-dealkylation sites (tertiary alicyclic amines) is 1. The lowest BCUT2D eigenvalue weighted by Gasteiger charge is -2.33. The van der Waals surface area contributed by atoms with Gasteiger partial charge in [-0.3, -0.25) is 4.79 Å². The zero-order chi connectivity index (χ0) is 18.1. The van der Waals surface area contributed by atoms with Gasteiger partial charge in [0.2, 0.25) is 5.91 Å². The number of ether oxygens (including phenoxy) is 1. The van der Waals surface area contributed by atoms with Crippen LogP contribution in [0.3, 0.4) is 0 Å². The molecule has 7 nitrogen and oxygen atoms in total. The van der Waals surface area contributed by atoms with E-state index < -0.39 is 0 Å². The Morgan fingerprint density at radius 3 is 3.23 bits per heavy atom. The number of hydrogen-bond donors (Lipinski definition) is 2. The molecule has 0 aromatic carbocycles. The van der Waals surface area contributed by atoms with E-state index in [1.807, 2.05) is 4.90 Å². The van der Waals surface area contributed by atoms with Crippen LogP contribution in [0.5, 0.6) is 0 Å². The molecule has 2 aromatic rings. The van der Waals surface area contributed by atoms with Crippen molar-refractivity contribution >= 4 is 22.8 Å². The second-order valence-electron chi connectivity index (χ2n) is 7.22. The lowest BCUT2D eigenvalue weighted by atomic mass is 10.0. The third-order valence-corrected chi connectivity index (χ3v) is 5.45. The van der Waals surface area contributed by atoms with E-state index in [4.69, 9.17) is 4.74 Å². The zero-order valence-electron chi connectivity index (χ0n) is 15.1. The SMILES string of the molecule is C=CC(=O)N1CCCC(Nc2ncnc3[nH]cc(C4CC4COC)c23)C1. The van der Waals surface area contributed by atoms with Gasteiger partial charge in [-0.1, -0.05) is 6.58 Å². The minimum absolute atomic E-state index is 0.00736. The van der Waals surface area contributed by atoms with Gasteiger partial charge in [0.25, 0.3) is 0 Å². The van der Waals surface area contributed by atoms with E-state index in [-0.39, 0.29) is 11.9 Å². The molecule has 4 rings (SSSR count). The molecule has 2 aromatic heterocycles. The molecule has 2 fully saturated rings. The van der Waals surface area contributed by atoms with E-state index in [0.29, 0.717) is 18.4 Å². The van der Waals surface area contributed by atoms with Crippen molar-refractivity contribution in [1.29, 1.82) is 0 Å². The first-order valence-corrected chi connectivity index (χ1v) is 9.20. The van der Waals surface area contributed by atoms with Crippen LogP contribution in [0.25, 0.3) is 11.0 Å². The van der Waals surface area contributed by atoms with Crippen LogP contribution >= 0.6 is 0 Å². The molecule has 3 heterocycles. The highest BCUT2D eigenvalue weighted by molar-refractivity contribution is 5.91. The van der Waals surface area contributed by atoms with Crippen molar-refractivity contribution in [3.8, 4) is 0 Å². The van der Waals surface area contributed by atoms with E-state index in [1.54, 1.807) is 13.4 Å². The number of methoxy groups -OCH3 is 1. The van der Waals surface area contributed by atoms with Crippen molar-refractivity contribution < 1.29 is 9.53 Å². The number of amides is 1. The van der Waals surface area contributed by atoms with Crippen molar-refractivity contribution in [3.63, 3.8) is 0 Å². The molecule has 2 aliphatic rings. The second-order valence-corrected chi connectivity index (χ2v) is 7.22. The minimum atomic E-state index is -0.00736. The summed E-state index contributed by atoms with van der Waals surface area (Å²) < 4.78 is 5.30. The molecule has 1 aliphatic heterocycles. The molecule has 3 atom stereocenters. The van der Waals surface area contributed by atoms with Gasteiger partial charge in [0.15, 0.2) is 0 Å². The Morgan fingerprint density at radius 2 is 2.42 bits per heavy atom. The maximum atomic E-state index is 11.9. The van der Waals surface area contributed by atoms with E-state index in [2.05, 4.69) is 33.0 Å². The summed E-state index contributed by atoms with van der Waals surface area (Å²) in [6, 6.07) is 0.183. The van der Waals surface area contributed by atoms with Crippen molar-refractivity contribution in [2.75, 3.05) is 32.1 Å². The molecule has 1 amide bonds. The number of carbonyl (C=O) groups excluding carboxylic acids is 1. The average molecular weight is 355 g/mol. The summed E-state index contributed by atoms with van der Waals surface area (Å²) in [5.74, 6) is 1.92. The lowest BCUT2D eigenvalue weighted by molar-refractivity contribution is -0.127. The van der Waals surface area contributed by atoms with Gasteiger partial charge in [-0.05, 0) is 42.7 Å². The smallest absolute Gasteiger partial charge is 0.246 e. The Labute approximate surface area is 152 Å². The van der Waals surface area contributed by atoms with Crippen LogP contribution < -0.4 is 5.32 Å². The fourth-order valence-corrected chi connectivity index (χ4v) is 4.03. The fourth-order valence-electron chi connectivity index (χ4n) is 4.03. The number of aromatic nitrogens is 3. The molecule has 7 heteroatoms. The Kier molecular flexibility index (Phi) is 4.63. The minimum Gasteiger partial charge on any atom is -0.384 e. The molecule has 3 unspecified atom stereocenters. The van der Waals surface area contributed by atoms with E-state index in [1.165, 1.54) is 11.6 Å². The van der Waals surface area contributed by atoms with Crippen LogP contribution in [-0.2, 0) is 9.53 Å². The summed E-state index contributed by atoms with van der Waals surface area (Å²) >= 11 is 0. The molecule has 26 heavy (non-hydrogen) atoms. The van der Waals surface area contributed by atoms with Crippen LogP contribution in [-0.4, -0.2) is 58.6 Å². The maximum Gasteiger partial charge on any atom is 0.246 e. The Morgan fingerprint density at radius 1 is 1.54 bits per heavy atom. The number of nitrogens with one attached hydrogen (secondary N) is 2. The molecule has 0 spiro atoms. The van der Waals surface area contributed by atoms with E-state index in [9.17, 15) is 4.79 Å². The third kappa shape index (κ3) is 3.19. The number of hydrogen-bond acceptors (Lipinski definition) is 5. The summed E-state index contributed by atoms with van der Waals surface area (Å²) in [5.41, 5.74) is 2.12. The van der Waals surface area contributed by atoms with Crippen LogP contribution in [0.15, 0.2) is 25.2 Å². The van der Waals surface area contributed by atoms with Gasteiger partial charge in [-0.2, -0.15) is 0 Å². The van der Waals surface area contributed by atoms with Gasteiger partial charge in [0.05, 0.1) is 5.39 Å². The van der Waals surface area contributed by atoms with Gasteiger partial charge in [-0.25, -0.2) is 9.97 Å². The summed E-state index contributed by atoms with van der Waals surface area (Å²) in [7, 11) is 1.75. The number of carbonyl (C=O) groups is 1. The van der Waals surface area contributed by atoms with Gasteiger partial charge in [0, 0.05) is 39.0 Å². The zero-order valence-corrected chi connectivity index (χ0v) is 15.1. The summed E-state index contributed by atoms with van der Waals surface area (Å²) in [5, 5.41) is 4.63. The number of rotatable bonds is 6. The van der Waals surface area contributed by atoms with Crippen LogP contribution in [0.4, 0.5) is 5.82 Å². The summed E-state index contributed by atoms with van der Waals surface area (Å²) in [4.78, 5) is 25.9. The van der Waals surface area contributed by atoms with Crippen molar-refractivity contribution in [1.82, 2.24) is 19.9 Å². The van der Waals surface area contributed by atoms with E-state index >= 15 is 0 Å². The van der Waals surface area contributed by atoms with Crippen molar-refractivity contribution in [2.45, 2.75) is 31.2 Å². The van der Waals surface area contributed by atoms with Crippen molar-refractivity contribution in [3.05, 3.63) is 30.7 Å². The molecular formula is C19H25N5O2. The third-order valence-electron chi connectivity index (χ3n) is 5.45. The van der Waals surface area contributed by atoms with Crippen LogP contribution in [0, 0.1) is 5.92 Å². The number of nitrogens with zero attached hydrogens (tertiary/aromatic N) is 3. The molecule has 0 bridgehead atoms. The van der Waals surface area contributed by atoms with Crippen molar-refractivity contribution in [2.24, 2.45) is 5.92 Å². The van der Waals surface area contributed by atoms with E-state index in [0.717, 1.165) is 49.3 Å². The predicted molar refractivity (Wildman–Crippen MR) is 100 cm³/mol. The fraction of sp³-hybridized carbons (Fsp3) is 0.526. The number of piperidine rings is 1. The molecule has 1 aliphatic carbocycles. The first-order valence-electron chi connectivity index (χ1n) is 9.20. The molecule has 1 saturated heterocycles. The Bertz CT molecular complexity index is 817. The predicted octanol–water partition coefficient (Wildman–Crippen LogP) is 2.30. The Hall–Kier alpha value is -2.41. The normalized spacial score (nSPS) is 25.3. The summed E-state index contributed by atoms with van der Waals surface area (Å²) in [6.07, 6.45) is 8.16. The quantitative estimate of drug-likeness (QED) is 0.777. The molecule has 138 valence electrons. The number of fused-ring (bicyclic) bond motifs is 1. The monoisotopic (exact) mass is 355 g/mol. The first-order chi connectivity index (χ1) is 12.7. The van der Waals surface area contributed by atoms with Gasteiger partial charge in [0.1, 0.15) is 17.8 Å². The Balaban J connectivity index is 1.56. The molecule has 1 saturated carbocycles. The van der Waals surface area contributed by atoms with Gasteiger partial charge in [-0.15, -0.1) is 0 Å². The molecular weight excluding hydrogens is 330 g/mol. The highest BCUT2D eigenvalue weighted by Crippen LogP contribution is 2.50. The summed E-state index contributed by atoms with van der Waals surface area (Å²) in [6.45, 7) is 5.84. The highest BCUT2D eigenvalue weighted by atomic mass is 16.5. The average Bonchev–Trinajstić information content (AvgIpc) is 3.28. The van der Waals surface area contributed by atoms with Gasteiger partial charge < -0.3 is 19.9 Å². The number of H-pyrrole nitrogens is 1. The largest absolute Gasteiger partial charge is 0.384 e.